The summed E-state index contributed by atoms with van der Waals surface area (Å²) in [4.78, 5) is 38.2. The van der Waals surface area contributed by atoms with E-state index in [0.717, 1.165) is 16.6 Å². The van der Waals surface area contributed by atoms with Gasteiger partial charge in [0, 0.05) is 32.9 Å². The minimum atomic E-state index is -0.456. The number of likely N-dealkylation sites (N-methyl/N-ethyl adjacent to an activating group) is 1. The van der Waals surface area contributed by atoms with Crippen LogP contribution in [0.25, 0.3) is 27.7 Å². The van der Waals surface area contributed by atoms with E-state index in [4.69, 9.17) is 5.73 Å². The summed E-state index contributed by atoms with van der Waals surface area (Å²) >= 11 is 0. The number of aryl methyl sites for hydroxylation is 1. The minimum absolute atomic E-state index is 0.0348. The van der Waals surface area contributed by atoms with Gasteiger partial charge in [0.15, 0.2) is 11.2 Å². The average molecular weight is 485 g/mol. The quantitative estimate of drug-likeness (QED) is 0.367. The van der Waals surface area contributed by atoms with E-state index in [1.807, 2.05) is 65.9 Å². The van der Waals surface area contributed by atoms with Crippen LogP contribution in [0.2, 0.25) is 0 Å². The first-order chi connectivity index (χ1) is 17.3. The Morgan fingerprint density at radius 2 is 1.89 bits per heavy atom. The van der Waals surface area contributed by atoms with E-state index in [-0.39, 0.29) is 19.1 Å². The lowest BCUT2D eigenvalue weighted by Crippen LogP contribution is -2.40. The van der Waals surface area contributed by atoms with Crippen LogP contribution in [-0.4, -0.2) is 47.7 Å². The Labute approximate surface area is 207 Å². The molecule has 0 saturated carbocycles. The SMILES string of the molecule is CC#CCn1c(N(C)CC(C)N)nc2c1c(=O)n(Cc1cn3c(ccc4ccccc43)n1)c(=O)n2C. The fraction of sp³-hybridized carbons (Fsp3) is 0.308. The Balaban J connectivity index is 1.68. The Morgan fingerprint density at radius 3 is 2.64 bits per heavy atom. The van der Waals surface area contributed by atoms with Crippen molar-refractivity contribution in [3.05, 3.63) is 69.1 Å². The molecule has 1 unspecified atom stereocenters. The van der Waals surface area contributed by atoms with E-state index in [9.17, 15) is 9.59 Å². The monoisotopic (exact) mass is 484 g/mol. The zero-order valence-electron chi connectivity index (χ0n) is 20.8. The third kappa shape index (κ3) is 3.83. The number of aromatic nitrogens is 6. The summed E-state index contributed by atoms with van der Waals surface area (Å²) in [6, 6.07) is 11.8. The van der Waals surface area contributed by atoms with Crippen molar-refractivity contribution in [3.8, 4) is 11.8 Å². The number of benzene rings is 1. The zero-order valence-corrected chi connectivity index (χ0v) is 20.8. The van der Waals surface area contributed by atoms with Gasteiger partial charge in [0.2, 0.25) is 5.95 Å². The summed E-state index contributed by atoms with van der Waals surface area (Å²) < 4.78 is 6.34. The summed E-state index contributed by atoms with van der Waals surface area (Å²) in [7, 11) is 3.48. The van der Waals surface area contributed by atoms with Crippen molar-refractivity contribution in [2.75, 3.05) is 18.5 Å². The van der Waals surface area contributed by atoms with E-state index in [0.29, 0.717) is 29.4 Å². The highest BCUT2D eigenvalue weighted by Gasteiger charge is 2.23. The van der Waals surface area contributed by atoms with Gasteiger partial charge in [-0.2, -0.15) is 4.98 Å². The van der Waals surface area contributed by atoms with Crippen LogP contribution in [0.4, 0.5) is 5.95 Å². The third-order valence-corrected chi connectivity index (χ3v) is 6.24. The van der Waals surface area contributed by atoms with Gasteiger partial charge in [0.05, 0.1) is 24.3 Å². The van der Waals surface area contributed by atoms with Crippen LogP contribution in [0.5, 0.6) is 0 Å². The van der Waals surface area contributed by atoms with Crippen molar-refractivity contribution in [2.24, 2.45) is 12.8 Å². The van der Waals surface area contributed by atoms with Crippen molar-refractivity contribution >= 4 is 33.7 Å². The Bertz CT molecular complexity index is 1790. The van der Waals surface area contributed by atoms with Crippen LogP contribution in [0, 0.1) is 11.8 Å². The number of anilines is 1. The van der Waals surface area contributed by atoms with Crippen LogP contribution in [0.3, 0.4) is 0 Å². The lowest BCUT2D eigenvalue weighted by molar-refractivity contribution is 0.646. The highest BCUT2D eigenvalue weighted by Crippen LogP contribution is 2.20. The van der Waals surface area contributed by atoms with E-state index >= 15 is 0 Å². The van der Waals surface area contributed by atoms with Gasteiger partial charge in [-0.25, -0.2) is 9.78 Å². The molecular weight excluding hydrogens is 456 g/mol. The standard InChI is InChI=1S/C26H28N8O2/c1-5-6-13-32-22-23(29-25(32)30(3)14-17(2)27)31(4)26(36)34(24(22)35)16-19-15-33-20-10-8-7-9-18(20)11-12-21(33)28-19/h7-12,15,17H,13-14,16,27H2,1-4H3. The largest absolute Gasteiger partial charge is 0.344 e. The molecule has 4 aromatic heterocycles. The number of fused-ring (bicyclic) bond motifs is 4. The van der Waals surface area contributed by atoms with E-state index in [1.165, 1.54) is 9.13 Å². The number of nitrogens with two attached hydrogens (primary N) is 1. The molecule has 0 bridgehead atoms. The molecule has 0 spiro atoms. The third-order valence-electron chi connectivity index (χ3n) is 6.24. The molecule has 1 aromatic carbocycles. The second kappa shape index (κ2) is 9.02. The minimum Gasteiger partial charge on any atom is -0.344 e. The molecule has 0 aliphatic carbocycles. The van der Waals surface area contributed by atoms with Gasteiger partial charge in [-0.3, -0.25) is 22.9 Å². The van der Waals surface area contributed by atoms with Crippen LogP contribution < -0.4 is 21.9 Å². The number of hydrogen-bond acceptors (Lipinski definition) is 6. The molecular formula is C26H28N8O2. The molecule has 2 N–H and O–H groups in total. The van der Waals surface area contributed by atoms with Gasteiger partial charge in [-0.15, -0.1) is 5.92 Å². The Hall–Kier alpha value is -4.36. The molecule has 36 heavy (non-hydrogen) atoms. The van der Waals surface area contributed by atoms with Crippen molar-refractivity contribution in [1.82, 2.24) is 28.1 Å². The molecule has 0 saturated heterocycles. The number of rotatable bonds is 6. The predicted molar refractivity (Wildman–Crippen MR) is 141 cm³/mol. The summed E-state index contributed by atoms with van der Waals surface area (Å²) in [5.74, 6) is 6.43. The summed E-state index contributed by atoms with van der Waals surface area (Å²) in [5, 5.41) is 1.08. The number of hydrogen-bond donors (Lipinski definition) is 1. The molecule has 0 amide bonds. The van der Waals surface area contributed by atoms with Crippen LogP contribution in [0.1, 0.15) is 19.5 Å². The molecule has 0 aliphatic heterocycles. The molecule has 1 atom stereocenters. The Morgan fingerprint density at radius 1 is 1.11 bits per heavy atom. The molecule has 10 nitrogen and oxygen atoms in total. The second-order valence-corrected chi connectivity index (χ2v) is 9.04. The van der Waals surface area contributed by atoms with Crippen molar-refractivity contribution in [2.45, 2.75) is 33.0 Å². The van der Waals surface area contributed by atoms with Crippen molar-refractivity contribution in [1.29, 1.82) is 0 Å². The molecule has 10 heteroatoms. The topological polar surface area (TPSA) is 108 Å². The normalized spacial score (nSPS) is 12.2. The first-order valence-electron chi connectivity index (χ1n) is 11.7. The second-order valence-electron chi connectivity index (χ2n) is 9.04. The van der Waals surface area contributed by atoms with Gasteiger partial charge < -0.3 is 10.6 Å². The van der Waals surface area contributed by atoms with Gasteiger partial charge in [0.1, 0.15) is 5.65 Å². The van der Waals surface area contributed by atoms with Crippen LogP contribution in [0.15, 0.2) is 52.2 Å². The van der Waals surface area contributed by atoms with E-state index in [1.54, 1.807) is 18.5 Å². The average Bonchev–Trinajstić information content (AvgIpc) is 3.45. The molecule has 0 radical (unpaired) electrons. The maximum atomic E-state index is 13.7. The number of pyridine rings is 1. The Kier molecular flexibility index (Phi) is 5.86. The number of para-hydroxylation sites is 1. The lowest BCUT2D eigenvalue weighted by Gasteiger charge is -2.20. The van der Waals surface area contributed by atoms with E-state index < -0.39 is 11.2 Å². The maximum Gasteiger partial charge on any atom is 0.332 e. The molecule has 5 aromatic rings. The van der Waals surface area contributed by atoms with Crippen LogP contribution >= 0.6 is 0 Å². The lowest BCUT2D eigenvalue weighted by atomic mass is 10.2. The molecule has 184 valence electrons. The summed E-state index contributed by atoms with van der Waals surface area (Å²) in [6.45, 7) is 4.47. The van der Waals surface area contributed by atoms with E-state index in [2.05, 4.69) is 21.8 Å². The number of nitrogens with zero attached hydrogens (tertiary/aromatic N) is 7. The molecule has 5 rings (SSSR count). The summed E-state index contributed by atoms with van der Waals surface area (Å²) in [6.07, 6.45) is 1.87. The van der Waals surface area contributed by atoms with Gasteiger partial charge in [-0.05, 0) is 37.4 Å². The van der Waals surface area contributed by atoms with Gasteiger partial charge in [-0.1, -0.05) is 24.1 Å². The molecule has 4 heterocycles. The fourth-order valence-corrected chi connectivity index (χ4v) is 4.62. The smallest absolute Gasteiger partial charge is 0.332 e. The van der Waals surface area contributed by atoms with Crippen LogP contribution in [-0.2, 0) is 20.1 Å². The predicted octanol–water partition coefficient (Wildman–Crippen LogP) is 1.55. The first kappa shape index (κ1) is 23.4. The maximum absolute atomic E-state index is 13.7. The first-order valence-corrected chi connectivity index (χ1v) is 11.7. The zero-order chi connectivity index (χ0) is 25.6. The molecule has 0 aliphatic rings. The fourth-order valence-electron chi connectivity index (χ4n) is 4.62. The highest BCUT2D eigenvalue weighted by atomic mass is 16.2. The van der Waals surface area contributed by atoms with Gasteiger partial charge >= 0.3 is 5.69 Å². The summed E-state index contributed by atoms with van der Waals surface area (Å²) in [5.41, 5.74) is 8.10. The number of imidazole rings is 2. The molecule has 0 fully saturated rings. The van der Waals surface area contributed by atoms with Crippen molar-refractivity contribution in [3.63, 3.8) is 0 Å². The van der Waals surface area contributed by atoms with Gasteiger partial charge in [0.25, 0.3) is 5.56 Å². The highest BCUT2D eigenvalue weighted by molar-refractivity contribution is 5.82. The van der Waals surface area contributed by atoms with Crippen molar-refractivity contribution < 1.29 is 0 Å².